The van der Waals surface area contributed by atoms with Crippen LogP contribution >= 0.6 is 0 Å². The summed E-state index contributed by atoms with van der Waals surface area (Å²) < 4.78 is 0. The van der Waals surface area contributed by atoms with Crippen molar-refractivity contribution in [3.05, 3.63) is 0 Å². The lowest BCUT2D eigenvalue weighted by Gasteiger charge is -2.59. The summed E-state index contributed by atoms with van der Waals surface area (Å²) >= 11 is 0. The number of fused-ring (bicyclic) bond motifs is 4. The molecule has 0 aromatic heterocycles. The van der Waals surface area contributed by atoms with Crippen LogP contribution in [-0.4, -0.2) is 22.9 Å². The molecule has 0 radical (unpaired) electrons. The summed E-state index contributed by atoms with van der Waals surface area (Å²) in [7, 11) is 0. The molecule has 0 saturated heterocycles. The first kappa shape index (κ1) is 12.0. The minimum Gasteiger partial charge on any atom is -0.396 e. The van der Waals surface area contributed by atoms with Crippen molar-refractivity contribution < 1.29 is 10.2 Å². The molecule has 0 amide bonds. The first-order chi connectivity index (χ1) is 7.98. The van der Waals surface area contributed by atoms with E-state index in [4.69, 9.17) is 0 Å². The number of rotatable bonds is 1. The van der Waals surface area contributed by atoms with Crippen molar-refractivity contribution in [2.45, 2.75) is 58.5 Å². The highest BCUT2D eigenvalue weighted by Gasteiger charge is 2.59. The highest BCUT2D eigenvalue weighted by molar-refractivity contribution is 5.08. The SMILES string of the molecule is CC1(CO)C[C@H]2[C@H]1CC[C@H]1C[C@]2(C)CC[C@H]1O. The van der Waals surface area contributed by atoms with Crippen LogP contribution in [0.5, 0.6) is 0 Å². The van der Waals surface area contributed by atoms with Crippen molar-refractivity contribution >= 4 is 0 Å². The molecule has 2 bridgehead atoms. The first-order valence-corrected chi connectivity index (χ1v) is 7.27. The van der Waals surface area contributed by atoms with Gasteiger partial charge in [0.15, 0.2) is 0 Å². The molecule has 0 aromatic rings. The van der Waals surface area contributed by atoms with Crippen LogP contribution in [0.4, 0.5) is 0 Å². The van der Waals surface area contributed by atoms with Gasteiger partial charge in [-0.2, -0.15) is 0 Å². The molecule has 0 spiro atoms. The van der Waals surface area contributed by atoms with E-state index in [1.807, 2.05) is 0 Å². The Morgan fingerprint density at radius 2 is 1.82 bits per heavy atom. The maximum Gasteiger partial charge on any atom is 0.0568 e. The van der Waals surface area contributed by atoms with Crippen molar-refractivity contribution in [1.82, 2.24) is 0 Å². The average Bonchev–Trinajstić information content (AvgIpc) is 2.39. The van der Waals surface area contributed by atoms with Gasteiger partial charge in [-0.1, -0.05) is 13.8 Å². The molecular formula is C15H26O2. The normalized spacial score (nSPS) is 57.9. The fourth-order valence-corrected chi connectivity index (χ4v) is 5.16. The Labute approximate surface area is 104 Å². The van der Waals surface area contributed by atoms with E-state index in [0.29, 0.717) is 23.9 Å². The molecule has 3 fully saturated rings. The Hall–Kier alpha value is -0.0800. The van der Waals surface area contributed by atoms with Crippen LogP contribution in [0.3, 0.4) is 0 Å². The van der Waals surface area contributed by atoms with Crippen molar-refractivity contribution in [1.29, 1.82) is 0 Å². The van der Waals surface area contributed by atoms with Gasteiger partial charge in [0.05, 0.1) is 6.10 Å². The third kappa shape index (κ3) is 1.60. The van der Waals surface area contributed by atoms with Gasteiger partial charge in [-0.05, 0) is 67.1 Å². The Balaban J connectivity index is 1.86. The molecule has 3 aliphatic carbocycles. The van der Waals surface area contributed by atoms with E-state index in [-0.39, 0.29) is 11.5 Å². The Morgan fingerprint density at radius 1 is 1.06 bits per heavy atom. The van der Waals surface area contributed by atoms with Crippen molar-refractivity contribution in [3.8, 4) is 0 Å². The van der Waals surface area contributed by atoms with Crippen LogP contribution in [0, 0.1) is 28.6 Å². The molecule has 1 unspecified atom stereocenters. The van der Waals surface area contributed by atoms with Crippen molar-refractivity contribution in [3.63, 3.8) is 0 Å². The van der Waals surface area contributed by atoms with Crippen LogP contribution in [-0.2, 0) is 0 Å². The molecule has 0 heterocycles. The van der Waals surface area contributed by atoms with Gasteiger partial charge in [0, 0.05) is 6.61 Å². The second kappa shape index (κ2) is 3.71. The molecule has 17 heavy (non-hydrogen) atoms. The number of hydrogen-bond acceptors (Lipinski definition) is 2. The molecule has 2 nitrogen and oxygen atoms in total. The van der Waals surface area contributed by atoms with Crippen LogP contribution in [0.2, 0.25) is 0 Å². The van der Waals surface area contributed by atoms with Gasteiger partial charge in [0.1, 0.15) is 0 Å². The highest BCUT2D eigenvalue weighted by atomic mass is 16.3. The smallest absolute Gasteiger partial charge is 0.0568 e. The maximum absolute atomic E-state index is 10.1. The standard InChI is InChI=1S/C15H26O2/c1-14-6-5-13(17)10(7-14)3-4-11-12(14)8-15(11,2)9-16/h10-13,16-17H,3-9H2,1-2H3/t10-,11+,12-,13+,14-,15?/m0/s1. The lowest BCUT2D eigenvalue weighted by Crippen LogP contribution is -2.54. The van der Waals surface area contributed by atoms with E-state index >= 15 is 0 Å². The largest absolute Gasteiger partial charge is 0.396 e. The molecule has 0 aliphatic heterocycles. The molecule has 3 saturated carbocycles. The average molecular weight is 238 g/mol. The molecule has 98 valence electrons. The third-order valence-electron chi connectivity index (χ3n) is 6.46. The number of aliphatic hydroxyl groups is 2. The van der Waals surface area contributed by atoms with E-state index in [2.05, 4.69) is 13.8 Å². The molecular weight excluding hydrogens is 212 g/mol. The summed E-state index contributed by atoms with van der Waals surface area (Å²) in [6.45, 7) is 5.03. The fourth-order valence-electron chi connectivity index (χ4n) is 5.16. The van der Waals surface area contributed by atoms with Gasteiger partial charge in [0.2, 0.25) is 0 Å². The highest BCUT2D eigenvalue weighted by Crippen LogP contribution is 2.65. The predicted octanol–water partition coefficient (Wildman–Crippen LogP) is 2.58. The van der Waals surface area contributed by atoms with Crippen LogP contribution in [0.15, 0.2) is 0 Å². The molecule has 6 atom stereocenters. The fraction of sp³-hybridized carbons (Fsp3) is 1.00. The van der Waals surface area contributed by atoms with E-state index in [1.165, 1.54) is 32.1 Å². The first-order valence-electron chi connectivity index (χ1n) is 7.27. The summed E-state index contributed by atoms with van der Waals surface area (Å²) in [6, 6.07) is 0. The zero-order chi connectivity index (χ0) is 12.3. The summed E-state index contributed by atoms with van der Waals surface area (Å²) in [5.41, 5.74) is 0.621. The van der Waals surface area contributed by atoms with Gasteiger partial charge >= 0.3 is 0 Å². The lowest BCUT2D eigenvalue weighted by molar-refractivity contribution is -0.131. The van der Waals surface area contributed by atoms with Gasteiger partial charge in [-0.15, -0.1) is 0 Å². The number of aliphatic hydroxyl groups excluding tert-OH is 2. The van der Waals surface area contributed by atoms with Crippen LogP contribution in [0.1, 0.15) is 52.4 Å². The zero-order valence-corrected chi connectivity index (χ0v) is 11.2. The minimum absolute atomic E-state index is 0.0547. The zero-order valence-electron chi connectivity index (χ0n) is 11.2. The summed E-state index contributed by atoms with van der Waals surface area (Å²) in [5, 5.41) is 19.7. The Bertz CT molecular complexity index is 316. The second-order valence-electron chi connectivity index (χ2n) is 7.53. The summed E-state index contributed by atoms with van der Waals surface area (Å²) in [4.78, 5) is 0. The molecule has 0 aromatic carbocycles. The molecule has 2 heteroatoms. The third-order valence-corrected chi connectivity index (χ3v) is 6.46. The Kier molecular flexibility index (Phi) is 2.61. The summed E-state index contributed by atoms with van der Waals surface area (Å²) in [5.74, 6) is 2.03. The van der Waals surface area contributed by atoms with Gasteiger partial charge in [-0.25, -0.2) is 0 Å². The quantitative estimate of drug-likeness (QED) is 0.737. The molecule has 3 rings (SSSR count). The predicted molar refractivity (Wildman–Crippen MR) is 67.5 cm³/mol. The Morgan fingerprint density at radius 3 is 2.53 bits per heavy atom. The minimum atomic E-state index is -0.0547. The monoisotopic (exact) mass is 238 g/mol. The topological polar surface area (TPSA) is 40.5 Å². The van der Waals surface area contributed by atoms with Crippen molar-refractivity contribution in [2.75, 3.05) is 6.61 Å². The van der Waals surface area contributed by atoms with E-state index in [1.54, 1.807) is 0 Å². The van der Waals surface area contributed by atoms with Crippen LogP contribution in [0.25, 0.3) is 0 Å². The van der Waals surface area contributed by atoms with Gasteiger partial charge in [0.25, 0.3) is 0 Å². The number of hydrogen-bond donors (Lipinski definition) is 2. The second-order valence-corrected chi connectivity index (χ2v) is 7.53. The molecule has 2 N–H and O–H groups in total. The van der Waals surface area contributed by atoms with Gasteiger partial charge < -0.3 is 10.2 Å². The lowest BCUT2D eigenvalue weighted by atomic mass is 9.46. The summed E-state index contributed by atoms with van der Waals surface area (Å²) in [6.07, 6.45) is 6.95. The maximum atomic E-state index is 10.1. The molecule has 3 aliphatic rings. The van der Waals surface area contributed by atoms with E-state index in [0.717, 1.165) is 12.3 Å². The van der Waals surface area contributed by atoms with E-state index in [9.17, 15) is 10.2 Å². The van der Waals surface area contributed by atoms with Gasteiger partial charge in [-0.3, -0.25) is 0 Å². The van der Waals surface area contributed by atoms with Crippen molar-refractivity contribution in [2.24, 2.45) is 28.6 Å². The van der Waals surface area contributed by atoms with E-state index < -0.39 is 0 Å². The van der Waals surface area contributed by atoms with Crippen LogP contribution < -0.4 is 0 Å².